The lowest BCUT2D eigenvalue weighted by Gasteiger charge is -2.43. The molecule has 0 saturated carbocycles. The average Bonchev–Trinajstić information content (AvgIpc) is 2.82. The summed E-state index contributed by atoms with van der Waals surface area (Å²) in [5.74, 6) is 0. The molecular formula is C14H25N3O2. The molecule has 1 aliphatic rings. The quantitative estimate of drug-likeness (QED) is 0.858. The Balaban J connectivity index is 1.90. The van der Waals surface area contributed by atoms with Crippen molar-refractivity contribution in [2.45, 2.75) is 38.3 Å². The maximum absolute atomic E-state index is 10.5. The summed E-state index contributed by atoms with van der Waals surface area (Å²) in [6, 6.07) is 2.01. The van der Waals surface area contributed by atoms with Crippen molar-refractivity contribution in [3.05, 3.63) is 18.0 Å². The van der Waals surface area contributed by atoms with E-state index < -0.39 is 0 Å². The Bertz CT molecular complexity index is 397. The number of rotatable bonds is 5. The highest BCUT2D eigenvalue weighted by Gasteiger charge is 2.34. The lowest BCUT2D eigenvalue weighted by atomic mass is 9.90. The molecule has 1 atom stereocenters. The second kappa shape index (κ2) is 6.03. The predicted molar refractivity (Wildman–Crippen MR) is 74.0 cm³/mol. The highest BCUT2D eigenvalue weighted by molar-refractivity contribution is 5.01. The molecule has 2 rings (SSSR count). The molecule has 108 valence electrons. The van der Waals surface area contributed by atoms with Gasteiger partial charge in [0.05, 0.1) is 19.3 Å². The van der Waals surface area contributed by atoms with Crippen molar-refractivity contribution in [2.75, 3.05) is 26.3 Å². The fourth-order valence-electron chi connectivity index (χ4n) is 2.63. The van der Waals surface area contributed by atoms with Crippen molar-refractivity contribution >= 4 is 0 Å². The lowest BCUT2D eigenvalue weighted by Crippen LogP contribution is -2.56. The van der Waals surface area contributed by atoms with E-state index in [1.54, 1.807) is 6.20 Å². The van der Waals surface area contributed by atoms with E-state index in [1.807, 2.05) is 17.8 Å². The Hall–Kier alpha value is -0.910. The van der Waals surface area contributed by atoms with Gasteiger partial charge in [-0.05, 0) is 32.8 Å². The molecule has 19 heavy (non-hydrogen) atoms. The molecule has 0 bridgehead atoms. The first-order valence-corrected chi connectivity index (χ1v) is 6.99. The second-order valence-corrected chi connectivity index (χ2v) is 5.75. The van der Waals surface area contributed by atoms with Gasteiger partial charge in [-0.1, -0.05) is 0 Å². The van der Waals surface area contributed by atoms with Gasteiger partial charge in [0.25, 0.3) is 0 Å². The van der Waals surface area contributed by atoms with Crippen molar-refractivity contribution in [3.8, 4) is 0 Å². The van der Waals surface area contributed by atoms with Crippen molar-refractivity contribution in [1.82, 2.24) is 14.7 Å². The molecule has 1 aliphatic heterocycles. The molecule has 2 heterocycles. The van der Waals surface area contributed by atoms with Crippen LogP contribution in [-0.4, -0.2) is 57.7 Å². The van der Waals surface area contributed by atoms with E-state index in [4.69, 9.17) is 4.74 Å². The smallest absolute Gasteiger partial charge is 0.0722 e. The van der Waals surface area contributed by atoms with Crippen LogP contribution >= 0.6 is 0 Å². The summed E-state index contributed by atoms with van der Waals surface area (Å²) in [7, 11) is 1.94. The van der Waals surface area contributed by atoms with Gasteiger partial charge in [0.15, 0.2) is 0 Å². The highest BCUT2D eigenvalue weighted by atomic mass is 16.5. The normalized spacial score (nSPS) is 19.6. The van der Waals surface area contributed by atoms with Gasteiger partial charge in [0.2, 0.25) is 0 Å². The van der Waals surface area contributed by atoms with E-state index in [1.165, 1.54) is 0 Å². The van der Waals surface area contributed by atoms with Crippen LogP contribution in [0.25, 0.3) is 0 Å². The fraction of sp³-hybridized carbons (Fsp3) is 0.786. The number of morpholine rings is 1. The van der Waals surface area contributed by atoms with Crippen LogP contribution < -0.4 is 0 Å². The number of aromatic nitrogens is 2. The number of nitrogens with zero attached hydrogens (tertiary/aromatic N) is 3. The molecule has 0 aromatic carbocycles. The zero-order valence-corrected chi connectivity index (χ0v) is 12.2. The van der Waals surface area contributed by atoms with Gasteiger partial charge in [-0.25, -0.2) is 0 Å². The molecule has 1 fully saturated rings. The van der Waals surface area contributed by atoms with Crippen LogP contribution in [0.15, 0.2) is 12.3 Å². The maximum atomic E-state index is 10.5. The topological polar surface area (TPSA) is 50.5 Å². The summed E-state index contributed by atoms with van der Waals surface area (Å²) in [4.78, 5) is 2.32. The third kappa shape index (κ3) is 3.35. The van der Waals surface area contributed by atoms with Gasteiger partial charge < -0.3 is 9.84 Å². The molecule has 5 nitrogen and oxygen atoms in total. The van der Waals surface area contributed by atoms with E-state index in [-0.39, 0.29) is 11.6 Å². The van der Waals surface area contributed by atoms with Crippen LogP contribution in [0.3, 0.4) is 0 Å². The maximum Gasteiger partial charge on any atom is 0.0722 e. The van der Waals surface area contributed by atoms with Gasteiger partial charge in [0, 0.05) is 37.6 Å². The molecule has 0 aliphatic carbocycles. The number of ether oxygens (including phenoxy) is 1. The largest absolute Gasteiger partial charge is 0.391 e. The molecule has 1 saturated heterocycles. The first-order chi connectivity index (χ1) is 9.01. The van der Waals surface area contributed by atoms with E-state index in [2.05, 4.69) is 23.8 Å². The minimum Gasteiger partial charge on any atom is -0.391 e. The zero-order chi connectivity index (χ0) is 13.9. The van der Waals surface area contributed by atoms with Crippen molar-refractivity contribution < 1.29 is 9.84 Å². The molecule has 1 aromatic heterocycles. The van der Waals surface area contributed by atoms with Gasteiger partial charge in [0.1, 0.15) is 0 Å². The SMILES string of the molecule is Cn1nccc1CCC(O)C(C)(C)N1CCOCC1. The molecule has 0 radical (unpaired) electrons. The summed E-state index contributed by atoms with van der Waals surface area (Å²) in [6.45, 7) is 7.56. The Morgan fingerprint density at radius 2 is 2.11 bits per heavy atom. The molecule has 0 amide bonds. The Morgan fingerprint density at radius 3 is 2.68 bits per heavy atom. The molecule has 1 N–H and O–H groups in total. The van der Waals surface area contributed by atoms with E-state index in [0.29, 0.717) is 0 Å². The van der Waals surface area contributed by atoms with Crippen molar-refractivity contribution in [3.63, 3.8) is 0 Å². The summed E-state index contributed by atoms with van der Waals surface area (Å²) in [6.07, 6.45) is 3.06. The van der Waals surface area contributed by atoms with Crippen LogP contribution in [0.5, 0.6) is 0 Å². The zero-order valence-electron chi connectivity index (χ0n) is 12.2. The highest BCUT2D eigenvalue weighted by Crippen LogP contribution is 2.23. The lowest BCUT2D eigenvalue weighted by molar-refractivity contribution is -0.0637. The van der Waals surface area contributed by atoms with Crippen LogP contribution in [0, 0.1) is 0 Å². The number of aliphatic hydroxyl groups excluding tert-OH is 1. The number of hydrogen-bond donors (Lipinski definition) is 1. The van der Waals surface area contributed by atoms with Crippen LogP contribution in [-0.2, 0) is 18.2 Å². The summed E-state index contributed by atoms with van der Waals surface area (Å²) in [5.41, 5.74) is 0.958. The van der Waals surface area contributed by atoms with E-state index >= 15 is 0 Å². The van der Waals surface area contributed by atoms with Crippen LogP contribution in [0.1, 0.15) is 26.0 Å². The molecule has 0 spiro atoms. The molecular weight excluding hydrogens is 242 g/mol. The summed E-state index contributed by atoms with van der Waals surface area (Å²) < 4.78 is 7.24. The Kier molecular flexibility index (Phi) is 4.60. The summed E-state index contributed by atoms with van der Waals surface area (Å²) >= 11 is 0. The fourth-order valence-corrected chi connectivity index (χ4v) is 2.63. The second-order valence-electron chi connectivity index (χ2n) is 5.75. The first-order valence-electron chi connectivity index (χ1n) is 6.99. The van der Waals surface area contributed by atoms with Gasteiger partial charge in [-0.2, -0.15) is 5.10 Å². The van der Waals surface area contributed by atoms with E-state index in [0.717, 1.165) is 44.8 Å². The molecule has 1 aromatic rings. The van der Waals surface area contributed by atoms with Gasteiger partial charge >= 0.3 is 0 Å². The van der Waals surface area contributed by atoms with Crippen LogP contribution in [0.2, 0.25) is 0 Å². The number of aliphatic hydroxyl groups is 1. The van der Waals surface area contributed by atoms with Gasteiger partial charge in [-0.15, -0.1) is 0 Å². The van der Waals surface area contributed by atoms with Crippen molar-refractivity contribution in [1.29, 1.82) is 0 Å². The molecule has 1 unspecified atom stereocenters. The van der Waals surface area contributed by atoms with Crippen molar-refractivity contribution in [2.24, 2.45) is 7.05 Å². The van der Waals surface area contributed by atoms with E-state index in [9.17, 15) is 5.11 Å². The third-order valence-corrected chi connectivity index (χ3v) is 4.24. The Labute approximate surface area is 115 Å². The summed E-state index contributed by atoms with van der Waals surface area (Å²) in [5, 5.41) is 14.7. The monoisotopic (exact) mass is 267 g/mol. The molecule has 5 heteroatoms. The predicted octanol–water partition coefficient (Wildman–Crippen LogP) is 0.824. The van der Waals surface area contributed by atoms with Crippen LogP contribution in [0.4, 0.5) is 0 Å². The Morgan fingerprint density at radius 1 is 1.42 bits per heavy atom. The number of aryl methyl sites for hydroxylation is 2. The third-order valence-electron chi connectivity index (χ3n) is 4.24. The van der Waals surface area contributed by atoms with Gasteiger partial charge in [-0.3, -0.25) is 9.58 Å². The first kappa shape index (κ1) is 14.5. The standard InChI is InChI=1S/C14H25N3O2/c1-14(2,17-8-10-19-11-9-17)13(18)5-4-12-6-7-15-16(12)3/h6-7,13,18H,4-5,8-11H2,1-3H3. The average molecular weight is 267 g/mol. The minimum absolute atomic E-state index is 0.206. The number of hydrogen-bond acceptors (Lipinski definition) is 4. The minimum atomic E-state index is -0.347.